The van der Waals surface area contributed by atoms with Gasteiger partial charge in [-0.1, -0.05) is 0 Å². The molecule has 0 bridgehead atoms. The Kier molecular flexibility index (Phi) is 3.02. The van der Waals surface area contributed by atoms with Crippen molar-refractivity contribution in [3.8, 4) is 0 Å². The SMILES string of the molecule is O=C(N1N=CC[C@H]1c1cc(F)cc(F)c1)n1ccnc1. The molecule has 0 unspecified atom stereocenters. The van der Waals surface area contributed by atoms with Gasteiger partial charge >= 0.3 is 6.03 Å². The predicted molar refractivity (Wildman–Crippen MR) is 67.1 cm³/mol. The van der Waals surface area contributed by atoms with E-state index in [4.69, 9.17) is 0 Å². The fourth-order valence-electron chi connectivity index (χ4n) is 2.13. The highest BCUT2D eigenvalue weighted by atomic mass is 19.1. The lowest BCUT2D eigenvalue weighted by Crippen LogP contribution is -2.30. The van der Waals surface area contributed by atoms with Crippen LogP contribution in [0, 0.1) is 11.6 Å². The molecule has 0 aliphatic carbocycles. The van der Waals surface area contributed by atoms with E-state index in [1.54, 1.807) is 6.21 Å². The molecule has 0 saturated carbocycles. The van der Waals surface area contributed by atoms with Crippen molar-refractivity contribution in [1.29, 1.82) is 0 Å². The second-order valence-electron chi connectivity index (χ2n) is 4.35. The first-order valence-corrected chi connectivity index (χ1v) is 5.95. The number of aromatic nitrogens is 2. The molecule has 20 heavy (non-hydrogen) atoms. The van der Waals surface area contributed by atoms with E-state index < -0.39 is 23.7 Å². The molecule has 1 atom stereocenters. The number of nitrogens with zero attached hydrogens (tertiary/aromatic N) is 4. The Labute approximate surface area is 113 Å². The minimum absolute atomic E-state index is 0.369. The summed E-state index contributed by atoms with van der Waals surface area (Å²) in [7, 11) is 0. The third kappa shape index (κ3) is 2.18. The zero-order valence-corrected chi connectivity index (χ0v) is 10.3. The molecular formula is C13H10F2N4O. The van der Waals surface area contributed by atoms with Gasteiger partial charge in [-0.2, -0.15) is 5.10 Å². The van der Waals surface area contributed by atoms with Crippen LogP contribution in [0.15, 0.2) is 42.0 Å². The number of carbonyl (C=O) groups is 1. The quantitative estimate of drug-likeness (QED) is 0.803. The van der Waals surface area contributed by atoms with Crippen molar-refractivity contribution in [2.45, 2.75) is 12.5 Å². The van der Waals surface area contributed by atoms with E-state index in [2.05, 4.69) is 10.1 Å². The second-order valence-corrected chi connectivity index (χ2v) is 4.35. The molecule has 0 spiro atoms. The van der Waals surface area contributed by atoms with Crippen LogP contribution >= 0.6 is 0 Å². The predicted octanol–water partition coefficient (Wildman–Crippen LogP) is 2.56. The topological polar surface area (TPSA) is 50.5 Å². The van der Waals surface area contributed by atoms with Gasteiger partial charge in [0.15, 0.2) is 0 Å². The molecule has 5 nitrogen and oxygen atoms in total. The first kappa shape index (κ1) is 12.5. The maximum Gasteiger partial charge on any atom is 0.350 e. The summed E-state index contributed by atoms with van der Waals surface area (Å²) >= 11 is 0. The third-order valence-corrected chi connectivity index (χ3v) is 3.02. The highest BCUT2D eigenvalue weighted by Crippen LogP contribution is 2.29. The summed E-state index contributed by atoms with van der Waals surface area (Å²) < 4.78 is 27.8. The Hall–Kier alpha value is -2.57. The molecule has 0 radical (unpaired) electrons. The molecule has 1 amide bonds. The van der Waals surface area contributed by atoms with Crippen LogP contribution in [0.4, 0.5) is 13.6 Å². The smallest absolute Gasteiger partial charge is 0.257 e. The fraction of sp³-hybridized carbons (Fsp3) is 0.154. The molecule has 2 heterocycles. The minimum Gasteiger partial charge on any atom is -0.257 e. The summed E-state index contributed by atoms with van der Waals surface area (Å²) in [5.41, 5.74) is 0.369. The number of hydrogen-bond acceptors (Lipinski definition) is 3. The maximum atomic E-state index is 13.3. The number of amides is 1. The van der Waals surface area contributed by atoms with Crippen LogP contribution in [0.2, 0.25) is 0 Å². The highest BCUT2D eigenvalue weighted by molar-refractivity contribution is 5.80. The molecule has 102 valence electrons. The van der Waals surface area contributed by atoms with E-state index in [0.717, 1.165) is 6.07 Å². The molecular weight excluding hydrogens is 266 g/mol. The van der Waals surface area contributed by atoms with Gasteiger partial charge < -0.3 is 0 Å². The van der Waals surface area contributed by atoms with Crippen molar-refractivity contribution in [2.75, 3.05) is 0 Å². The van der Waals surface area contributed by atoms with E-state index in [1.165, 1.54) is 40.4 Å². The third-order valence-electron chi connectivity index (χ3n) is 3.02. The number of hydrazone groups is 1. The van der Waals surface area contributed by atoms with Crippen molar-refractivity contribution in [3.05, 3.63) is 54.1 Å². The lowest BCUT2D eigenvalue weighted by molar-refractivity contribution is 0.187. The maximum absolute atomic E-state index is 13.3. The normalized spacial score (nSPS) is 17.7. The summed E-state index contributed by atoms with van der Waals surface area (Å²) in [6.45, 7) is 0. The Morgan fingerprint density at radius 2 is 2.00 bits per heavy atom. The summed E-state index contributed by atoms with van der Waals surface area (Å²) in [6, 6.07) is 2.26. The Bertz CT molecular complexity index is 649. The Morgan fingerprint density at radius 3 is 2.65 bits per heavy atom. The van der Waals surface area contributed by atoms with Crippen LogP contribution < -0.4 is 0 Å². The molecule has 0 fully saturated rings. The van der Waals surface area contributed by atoms with E-state index in [1.807, 2.05) is 0 Å². The lowest BCUT2D eigenvalue weighted by Gasteiger charge is -2.22. The van der Waals surface area contributed by atoms with Crippen molar-refractivity contribution < 1.29 is 13.6 Å². The van der Waals surface area contributed by atoms with Crippen molar-refractivity contribution in [3.63, 3.8) is 0 Å². The van der Waals surface area contributed by atoms with Gasteiger partial charge in [-0.15, -0.1) is 0 Å². The molecule has 3 rings (SSSR count). The first-order chi connectivity index (χ1) is 9.65. The monoisotopic (exact) mass is 276 g/mol. The summed E-state index contributed by atoms with van der Waals surface area (Å²) in [4.78, 5) is 16.0. The van der Waals surface area contributed by atoms with Crippen LogP contribution in [0.5, 0.6) is 0 Å². The number of rotatable bonds is 1. The highest BCUT2D eigenvalue weighted by Gasteiger charge is 2.29. The molecule has 7 heteroatoms. The molecule has 2 aromatic rings. The van der Waals surface area contributed by atoms with Crippen LogP contribution in [-0.4, -0.2) is 26.8 Å². The molecule has 1 aliphatic heterocycles. The van der Waals surface area contributed by atoms with Gasteiger partial charge in [0.2, 0.25) is 0 Å². The number of halogens is 2. The Balaban J connectivity index is 1.92. The first-order valence-electron chi connectivity index (χ1n) is 5.95. The van der Waals surface area contributed by atoms with E-state index in [0.29, 0.717) is 12.0 Å². The standard InChI is InChI=1S/C13H10F2N4O/c14-10-5-9(6-11(15)7-10)12-1-2-17-19(12)13(20)18-4-3-16-8-18/h2-8,12H,1H2/t12-/m0/s1. The lowest BCUT2D eigenvalue weighted by atomic mass is 10.0. The fourth-order valence-corrected chi connectivity index (χ4v) is 2.13. The second kappa shape index (κ2) is 4.84. The van der Waals surface area contributed by atoms with Gasteiger partial charge in [-0.05, 0) is 17.7 Å². The van der Waals surface area contributed by atoms with Gasteiger partial charge in [0.25, 0.3) is 0 Å². The van der Waals surface area contributed by atoms with Crippen molar-refractivity contribution >= 4 is 12.2 Å². The van der Waals surface area contributed by atoms with E-state index in [9.17, 15) is 13.6 Å². The molecule has 0 N–H and O–H groups in total. The molecule has 1 aliphatic rings. The summed E-state index contributed by atoms with van der Waals surface area (Å²) in [5, 5.41) is 5.16. The molecule has 1 aromatic carbocycles. The molecule has 0 saturated heterocycles. The van der Waals surface area contributed by atoms with E-state index in [-0.39, 0.29) is 0 Å². The zero-order valence-electron chi connectivity index (χ0n) is 10.3. The van der Waals surface area contributed by atoms with Crippen LogP contribution in [0.25, 0.3) is 0 Å². The largest absolute Gasteiger partial charge is 0.350 e. The van der Waals surface area contributed by atoms with Crippen LogP contribution in [-0.2, 0) is 0 Å². The van der Waals surface area contributed by atoms with Gasteiger partial charge in [-0.3, -0.25) is 4.57 Å². The number of hydrogen-bond donors (Lipinski definition) is 0. The van der Waals surface area contributed by atoms with Crippen LogP contribution in [0.1, 0.15) is 18.0 Å². The van der Waals surface area contributed by atoms with Crippen molar-refractivity contribution in [2.24, 2.45) is 5.10 Å². The minimum atomic E-state index is -0.679. The van der Waals surface area contributed by atoms with Gasteiger partial charge in [0.1, 0.15) is 18.0 Å². The average molecular weight is 276 g/mol. The van der Waals surface area contributed by atoms with E-state index >= 15 is 0 Å². The number of imidazole rings is 1. The van der Waals surface area contributed by atoms with Gasteiger partial charge in [-0.25, -0.2) is 23.6 Å². The number of carbonyl (C=O) groups excluding carboxylic acids is 1. The zero-order chi connectivity index (χ0) is 14.1. The van der Waals surface area contributed by atoms with Crippen molar-refractivity contribution in [1.82, 2.24) is 14.6 Å². The summed E-state index contributed by atoms with van der Waals surface area (Å²) in [5.74, 6) is -1.36. The van der Waals surface area contributed by atoms with Crippen LogP contribution in [0.3, 0.4) is 0 Å². The Morgan fingerprint density at radius 1 is 1.25 bits per heavy atom. The molecule has 1 aromatic heterocycles. The van der Waals surface area contributed by atoms with Gasteiger partial charge in [0.05, 0.1) is 6.04 Å². The number of benzene rings is 1. The summed E-state index contributed by atoms with van der Waals surface area (Å²) in [6.07, 6.45) is 6.25. The van der Waals surface area contributed by atoms with Gasteiger partial charge in [0, 0.05) is 31.1 Å². The average Bonchev–Trinajstić information content (AvgIpc) is 3.08.